The lowest BCUT2D eigenvalue weighted by Gasteiger charge is -2.01. The summed E-state index contributed by atoms with van der Waals surface area (Å²) in [7, 11) is 0. The van der Waals surface area contributed by atoms with Gasteiger partial charge in [-0.05, 0) is 17.5 Å². The monoisotopic (exact) mass is 322 g/mol. The van der Waals surface area contributed by atoms with Gasteiger partial charge in [-0.1, -0.05) is 30.3 Å². The first kappa shape index (κ1) is 14.3. The zero-order chi connectivity index (χ0) is 16.7. The SMILES string of the molecule is O=C(O)Cc1ccc2nc(-c3nccc4ccccc34)oc2c1F. The Morgan fingerprint density at radius 3 is 2.83 bits per heavy atom. The van der Waals surface area contributed by atoms with Crippen molar-refractivity contribution in [3.05, 3.63) is 60.0 Å². The molecule has 0 spiro atoms. The zero-order valence-corrected chi connectivity index (χ0v) is 12.4. The van der Waals surface area contributed by atoms with Crippen LogP contribution in [0.3, 0.4) is 0 Å². The number of halogens is 1. The number of rotatable bonds is 3. The Hall–Kier alpha value is -3.28. The molecule has 2 aromatic carbocycles. The van der Waals surface area contributed by atoms with Gasteiger partial charge in [0, 0.05) is 17.1 Å². The fourth-order valence-corrected chi connectivity index (χ4v) is 2.69. The smallest absolute Gasteiger partial charge is 0.307 e. The van der Waals surface area contributed by atoms with E-state index in [2.05, 4.69) is 9.97 Å². The zero-order valence-electron chi connectivity index (χ0n) is 12.4. The Morgan fingerprint density at radius 2 is 2.00 bits per heavy atom. The Kier molecular flexibility index (Phi) is 3.23. The summed E-state index contributed by atoms with van der Waals surface area (Å²) in [6.45, 7) is 0. The van der Waals surface area contributed by atoms with Crippen molar-refractivity contribution >= 4 is 27.8 Å². The van der Waals surface area contributed by atoms with E-state index in [0.717, 1.165) is 10.8 Å². The molecular weight excluding hydrogens is 311 g/mol. The van der Waals surface area contributed by atoms with Crippen molar-refractivity contribution in [2.45, 2.75) is 6.42 Å². The molecule has 2 aromatic heterocycles. The van der Waals surface area contributed by atoms with E-state index >= 15 is 0 Å². The number of carbonyl (C=O) groups is 1. The van der Waals surface area contributed by atoms with Crippen LogP contribution in [0.5, 0.6) is 0 Å². The number of aromatic nitrogens is 2. The maximum Gasteiger partial charge on any atom is 0.307 e. The molecule has 0 unspecified atom stereocenters. The molecule has 0 aliphatic rings. The molecule has 4 aromatic rings. The van der Waals surface area contributed by atoms with E-state index in [4.69, 9.17) is 9.52 Å². The first-order valence-electron chi connectivity index (χ1n) is 7.27. The number of pyridine rings is 1. The third-order valence-corrected chi connectivity index (χ3v) is 3.79. The van der Waals surface area contributed by atoms with Crippen LogP contribution in [0, 0.1) is 5.82 Å². The summed E-state index contributed by atoms with van der Waals surface area (Å²) in [4.78, 5) is 19.4. The summed E-state index contributed by atoms with van der Waals surface area (Å²) in [5, 5.41) is 10.7. The van der Waals surface area contributed by atoms with Crippen LogP contribution in [0.25, 0.3) is 33.5 Å². The van der Waals surface area contributed by atoms with E-state index in [-0.39, 0.29) is 17.0 Å². The van der Waals surface area contributed by atoms with Gasteiger partial charge in [-0.2, -0.15) is 0 Å². The molecule has 6 heteroatoms. The number of carboxylic acid groups (broad SMARTS) is 1. The Morgan fingerprint density at radius 1 is 1.17 bits per heavy atom. The molecule has 0 fully saturated rings. The number of fused-ring (bicyclic) bond motifs is 2. The topological polar surface area (TPSA) is 76.2 Å². The molecule has 0 radical (unpaired) electrons. The fourth-order valence-electron chi connectivity index (χ4n) is 2.69. The van der Waals surface area contributed by atoms with Crippen molar-refractivity contribution in [1.29, 1.82) is 0 Å². The highest BCUT2D eigenvalue weighted by Crippen LogP contribution is 2.30. The van der Waals surface area contributed by atoms with Crippen molar-refractivity contribution in [2.75, 3.05) is 0 Å². The van der Waals surface area contributed by atoms with Crippen molar-refractivity contribution in [3.63, 3.8) is 0 Å². The Bertz CT molecular complexity index is 1080. The lowest BCUT2D eigenvalue weighted by Crippen LogP contribution is -2.02. The van der Waals surface area contributed by atoms with Gasteiger partial charge in [0.2, 0.25) is 5.89 Å². The van der Waals surface area contributed by atoms with Gasteiger partial charge in [0.1, 0.15) is 11.2 Å². The molecule has 1 N–H and O–H groups in total. The second-order valence-electron chi connectivity index (χ2n) is 5.36. The van der Waals surface area contributed by atoms with Gasteiger partial charge in [0.15, 0.2) is 11.4 Å². The van der Waals surface area contributed by atoms with E-state index in [9.17, 15) is 9.18 Å². The van der Waals surface area contributed by atoms with Crippen LogP contribution in [0.15, 0.2) is 53.1 Å². The minimum atomic E-state index is -1.11. The van der Waals surface area contributed by atoms with Crippen LogP contribution in [0.2, 0.25) is 0 Å². The minimum absolute atomic E-state index is 0.0570. The quantitative estimate of drug-likeness (QED) is 0.620. The van der Waals surface area contributed by atoms with E-state index < -0.39 is 18.2 Å². The molecule has 0 atom stereocenters. The molecule has 0 saturated heterocycles. The third-order valence-electron chi connectivity index (χ3n) is 3.79. The van der Waals surface area contributed by atoms with Crippen LogP contribution in [0.4, 0.5) is 4.39 Å². The van der Waals surface area contributed by atoms with E-state index in [1.807, 2.05) is 30.3 Å². The predicted molar refractivity (Wildman–Crippen MR) is 86.0 cm³/mol. The Balaban J connectivity index is 1.91. The highest BCUT2D eigenvalue weighted by Gasteiger charge is 2.18. The summed E-state index contributed by atoms with van der Waals surface area (Å²) in [6, 6.07) is 12.4. The maximum atomic E-state index is 14.5. The standard InChI is InChI=1S/C18H11FN2O3/c19-15-11(9-14(22)23)5-6-13-17(15)24-18(21-13)16-12-4-2-1-3-10(12)7-8-20-16/h1-8H,9H2,(H,22,23). The Labute approximate surface area is 135 Å². The average molecular weight is 322 g/mol. The fraction of sp³-hybridized carbons (Fsp3) is 0.0556. The van der Waals surface area contributed by atoms with Crippen molar-refractivity contribution in [2.24, 2.45) is 0 Å². The molecule has 0 aliphatic carbocycles. The van der Waals surface area contributed by atoms with Gasteiger partial charge in [-0.15, -0.1) is 0 Å². The van der Waals surface area contributed by atoms with Crippen LogP contribution >= 0.6 is 0 Å². The predicted octanol–water partition coefficient (Wildman–Crippen LogP) is 3.81. The lowest BCUT2D eigenvalue weighted by atomic mass is 10.1. The molecule has 0 bridgehead atoms. The lowest BCUT2D eigenvalue weighted by molar-refractivity contribution is -0.136. The minimum Gasteiger partial charge on any atom is -0.481 e. The largest absolute Gasteiger partial charge is 0.481 e. The number of aliphatic carboxylic acids is 1. The van der Waals surface area contributed by atoms with E-state index in [0.29, 0.717) is 11.2 Å². The maximum absolute atomic E-state index is 14.5. The molecule has 0 saturated carbocycles. The first-order chi connectivity index (χ1) is 11.6. The second-order valence-corrected chi connectivity index (χ2v) is 5.36. The summed E-state index contributed by atoms with van der Waals surface area (Å²) in [5.74, 6) is -1.61. The van der Waals surface area contributed by atoms with Gasteiger partial charge in [-0.25, -0.2) is 9.37 Å². The van der Waals surface area contributed by atoms with Gasteiger partial charge >= 0.3 is 5.97 Å². The first-order valence-corrected chi connectivity index (χ1v) is 7.27. The average Bonchev–Trinajstić information content (AvgIpc) is 3.01. The third kappa shape index (κ3) is 2.28. The van der Waals surface area contributed by atoms with Crippen molar-refractivity contribution in [1.82, 2.24) is 9.97 Å². The van der Waals surface area contributed by atoms with Gasteiger partial charge in [0.25, 0.3) is 0 Å². The van der Waals surface area contributed by atoms with Gasteiger partial charge < -0.3 is 9.52 Å². The molecule has 5 nitrogen and oxygen atoms in total. The summed E-state index contributed by atoms with van der Waals surface area (Å²) in [6.07, 6.45) is 1.23. The van der Waals surface area contributed by atoms with Crippen molar-refractivity contribution in [3.8, 4) is 11.6 Å². The van der Waals surface area contributed by atoms with Crippen LogP contribution in [-0.2, 0) is 11.2 Å². The second kappa shape index (κ2) is 5.42. The number of benzene rings is 2. The highest BCUT2D eigenvalue weighted by molar-refractivity contribution is 5.93. The molecular formula is C18H11FN2O3. The summed E-state index contributed by atoms with van der Waals surface area (Å²) < 4.78 is 20.0. The van der Waals surface area contributed by atoms with E-state index in [1.54, 1.807) is 12.3 Å². The molecule has 4 rings (SSSR count). The normalized spacial score (nSPS) is 11.2. The molecule has 24 heavy (non-hydrogen) atoms. The number of nitrogens with zero attached hydrogens (tertiary/aromatic N) is 2. The van der Waals surface area contributed by atoms with Crippen LogP contribution in [0.1, 0.15) is 5.56 Å². The number of hydrogen-bond donors (Lipinski definition) is 1. The van der Waals surface area contributed by atoms with Crippen molar-refractivity contribution < 1.29 is 18.7 Å². The molecule has 2 heterocycles. The molecule has 0 amide bonds. The summed E-state index contributed by atoms with van der Waals surface area (Å²) >= 11 is 0. The number of oxazole rings is 1. The van der Waals surface area contributed by atoms with Crippen LogP contribution < -0.4 is 0 Å². The van der Waals surface area contributed by atoms with Gasteiger partial charge in [-0.3, -0.25) is 9.78 Å². The number of hydrogen-bond acceptors (Lipinski definition) is 4. The summed E-state index contributed by atoms with van der Waals surface area (Å²) in [5.41, 5.74) is 0.844. The van der Waals surface area contributed by atoms with E-state index in [1.165, 1.54) is 6.07 Å². The highest BCUT2D eigenvalue weighted by atomic mass is 19.1. The molecule has 0 aliphatic heterocycles. The van der Waals surface area contributed by atoms with Gasteiger partial charge in [0.05, 0.1) is 6.42 Å². The molecule has 118 valence electrons. The van der Waals surface area contributed by atoms with Crippen LogP contribution in [-0.4, -0.2) is 21.0 Å². The number of carboxylic acids is 1.